The molecular formula is C19H18N2O4. The molecule has 128 valence electrons. The molecule has 0 aromatic heterocycles. The molecule has 0 unspecified atom stereocenters. The van der Waals surface area contributed by atoms with Crippen LogP contribution in [0.4, 0.5) is 0 Å². The highest BCUT2D eigenvalue weighted by molar-refractivity contribution is 6.22. The molecule has 2 aromatic rings. The fourth-order valence-corrected chi connectivity index (χ4v) is 2.69. The van der Waals surface area contributed by atoms with Crippen LogP contribution < -0.4 is 5.48 Å². The van der Waals surface area contributed by atoms with Gasteiger partial charge in [0.2, 0.25) is 0 Å². The van der Waals surface area contributed by atoms with Crippen molar-refractivity contribution in [3.63, 3.8) is 0 Å². The van der Waals surface area contributed by atoms with E-state index in [1.165, 1.54) is 6.92 Å². The van der Waals surface area contributed by atoms with Gasteiger partial charge in [0.05, 0.1) is 17.7 Å². The van der Waals surface area contributed by atoms with Gasteiger partial charge in [-0.05, 0) is 31.5 Å². The lowest BCUT2D eigenvalue weighted by Gasteiger charge is -2.21. The van der Waals surface area contributed by atoms with Crippen molar-refractivity contribution in [1.29, 1.82) is 0 Å². The van der Waals surface area contributed by atoms with E-state index in [-0.39, 0.29) is 6.61 Å². The summed E-state index contributed by atoms with van der Waals surface area (Å²) in [5.74, 6) is -1.48. The van der Waals surface area contributed by atoms with Gasteiger partial charge in [-0.25, -0.2) is 5.48 Å². The van der Waals surface area contributed by atoms with Crippen molar-refractivity contribution in [2.45, 2.75) is 26.5 Å². The van der Waals surface area contributed by atoms with Crippen molar-refractivity contribution < 1.29 is 19.2 Å². The molecule has 25 heavy (non-hydrogen) atoms. The van der Waals surface area contributed by atoms with Crippen LogP contribution in [0, 0.1) is 6.92 Å². The highest BCUT2D eigenvalue weighted by Crippen LogP contribution is 2.25. The van der Waals surface area contributed by atoms with Crippen LogP contribution in [-0.2, 0) is 16.2 Å². The first kappa shape index (κ1) is 16.9. The topological polar surface area (TPSA) is 75.7 Å². The van der Waals surface area contributed by atoms with Gasteiger partial charge in [-0.2, -0.15) is 0 Å². The molecule has 0 bridgehead atoms. The number of imide groups is 1. The normalized spacial score (nSPS) is 14.4. The van der Waals surface area contributed by atoms with E-state index in [4.69, 9.17) is 4.84 Å². The molecule has 6 nitrogen and oxygen atoms in total. The minimum Gasteiger partial charge on any atom is -0.270 e. The summed E-state index contributed by atoms with van der Waals surface area (Å²) in [6, 6.07) is 13.4. The highest BCUT2D eigenvalue weighted by Gasteiger charge is 2.40. The number of nitrogens with zero attached hydrogens (tertiary/aromatic N) is 1. The van der Waals surface area contributed by atoms with Gasteiger partial charge in [-0.15, -0.1) is 0 Å². The van der Waals surface area contributed by atoms with Crippen molar-refractivity contribution in [1.82, 2.24) is 10.4 Å². The fraction of sp³-hybridized carbons (Fsp3) is 0.211. The summed E-state index contributed by atoms with van der Waals surface area (Å²) in [5, 5.41) is 0. The van der Waals surface area contributed by atoms with E-state index in [0.29, 0.717) is 11.1 Å². The van der Waals surface area contributed by atoms with E-state index in [9.17, 15) is 14.4 Å². The summed E-state index contributed by atoms with van der Waals surface area (Å²) < 4.78 is 0. The van der Waals surface area contributed by atoms with Gasteiger partial charge < -0.3 is 0 Å². The summed E-state index contributed by atoms with van der Waals surface area (Å²) in [5.41, 5.74) is 4.73. The molecule has 0 aliphatic carbocycles. The maximum Gasteiger partial charge on any atom is 0.266 e. The van der Waals surface area contributed by atoms with Crippen LogP contribution in [0.2, 0.25) is 0 Å². The van der Waals surface area contributed by atoms with Crippen molar-refractivity contribution in [3.05, 3.63) is 70.8 Å². The number of hydrogen-bond acceptors (Lipinski definition) is 4. The van der Waals surface area contributed by atoms with Gasteiger partial charge in [0.25, 0.3) is 17.7 Å². The van der Waals surface area contributed by atoms with Crippen LogP contribution in [0.3, 0.4) is 0 Å². The molecule has 0 fully saturated rings. The number of hydrogen-bond donors (Lipinski definition) is 1. The molecule has 3 rings (SSSR count). The van der Waals surface area contributed by atoms with Crippen molar-refractivity contribution in [2.24, 2.45) is 0 Å². The van der Waals surface area contributed by atoms with Gasteiger partial charge >= 0.3 is 0 Å². The van der Waals surface area contributed by atoms with Gasteiger partial charge in [-0.3, -0.25) is 24.1 Å². The predicted molar refractivity (Wildman–Crippen MR) is 90.5 cm³/mol. The zero-order valence-corrected chi connectivity index (χ0v) is 14.0. The molecule has 1 atom stereocenters. The Kier molecular flexibility index (Phi) is 4.63. The molecule has 2 aromatic carbocycles. The molecule has 6 heteroatoms. The third-order valence-electron chi connectivity index (χ3n) is 4.09. The highest BCUT2D eigenvalue weighted by atomic mass is 16.6. The number of amides is 3. The molecule has 0 spiro atoms. The zero-order valence-electron chi connectivity index (χ0n) is 14.0. The monoisotopic (exact) mass is 338 g/mol. The lowest BCUT2D eigenvalue weighted by Crippen LogP contribution is -2.47. The standard InChI is InChI=1S/C19H18N2O4/c1-12-8-9-15-16(10-12)19(24)21(18(15)23)13(2)17(22)20-25-11-14-6-4-3-5-7-14/h3-10,13H,11H2,1-2H3,(H,20,22)/t13-/m0/s1. The summed E-state index contributed by atoms with van der Waals surface area (Å²) >= 11 is 0. The van der Waals surface area contributed by atoms with Crippen LogP contribution in [0.25, 0.3) is 0 Å². The predicted octanol–water partition coefficient (Wildman–Crippen LogP) is 2.23. The number of hydroxylamine groups is 1. The van der Waals surface area contributed by atoms with E-state index in [1.54, 1.807) is 18.2 Å². The third kappa shape index (κ3) is 3.29. The van der Waals surface area contributed by atoms with Crippen molar-refractivity contribution in [2.75, 3.05) is 0 Å². The number of nitrogens with one attached hydrogen (secondary N) is 1. The largest absolute Gasteiger partial charge is 0.270 e. The maximum absolute atomic E-state index is 12.5. The maximum atomic E-state index is 12.5. The molecule has 1 aliphatic heterocycles. The molecule has 1 N–H and O–H groups in total. The summed E-state index contributed by atoms with van der Waals surface area (Å²) in [7, 11) is 0. The molecule has 0 saturated carbocycles. The SMILES string of the molecule is Cc1ccc2c(c1)C(=O)N([C@@H](C)C(=O)NOCc1ccccc1)C2=O. The molecule has 0 saturated heterocycles. The Morgan fingerprint density at radius 3 is 2.48 bits per heavy atom. The Morgan fingerprint density at radius 1 is 1.08 bits per heavy atom. The van der Waals surface area contributed by atoms with Gasteiger partial charge in [0, 0.05) is 0 Å². The molecule has 0 radical (unpaired) electrons. The van der Waals surface area contributed by atoms with Gasteiger partial charge in [-0.1, -0.05) is 42.0 Å². The first-order valence-electron chi connectivity index (χ1n) is 7.93. The lowest BCUT2D eigenvalue weighted by molar-refractivity contribution is -0.138. The minimum absolute atomic E-state index is 0.195. The second kappa shape index (κ2) is 6.86. The first-order valence-corrected chi connectivity index (χ1v) is 7.93. The average Bonchev–Trinajstić information content (AvgIpc) is 2.85. The van der Waals surface area contributed by atoms with E-state index < -0.39 is 23.8 Å². The van der Waals surface area contributed by atoms with Crippen LogP contribution in [-0.4, -0.2) is 28.7 Å². The zero-order chi connectivity index (χ0) is 18.0. The Morgan fingerprint density at radius 2 is 1.76 bits per heavy atom. The van der Waals surface area contributed by atoms with E-state index in [1.807, 2.05) is 37.3 Å². The second-order valence-corrected chi connectivity index (χ2v) is 5.95. The second-order valence-electron chi connectivity index (χ2n) is 5.95. The number of aryl methyl sites for hydroxylation is 1. The number of carbonyl (C=O) groups excluding carboxylic acids is 3. The van der Waals surface area contributed by atoms with E-state index in [0.717, 1.165) is 16.0 Å². The Balaban J connectivity index is 1.65. The Hall–Kier alpha value is -2.99. The summed E-state index contributed by atoms with van der Waals surface area (Å²) in [6.07, 6.45) is 0. The van der Waals surface area contributed by atoms with Crippen LogP contribution in [0.15, 0.2) is 48.5 Å². The molecule has 1 aliphatic rings. The van der Waals surface area contributed by atoms with Crippen molar-refractivity contribution in [3.8, 4) is 0 Å². The first-order chi connectivity index (χ1) is 12.0. The number of carbonyl (C=O) groups is 3. The van der Waals surface area contributed by atoms with Crippen molar-refractivity contribution >= 4 is 17.7 Å². The smallest absolute Gasteiger partial charge is 0.266 e. The Labute approximate surface area is 145 Å². The quantitative estimate of drug-likeness (QED) is 0.670. The number of fused-ring (bicyclic) bond motifs is 1. The summed E-state index contributed by atoms with van der Waals surface area (Å²) in [4.78, 5) is 43.3. The third-order valence-corrected chi connectivity index (χ3v) is 4.09. The lowest BCUT2D eigenvalue weighted by atomic mass is 10.1. The van der Waals surface area contributed by atoms with Crippen LogP contribution in [0.1, 0.15) is 38.8 Å². The molecule has 3 amide bonds. The average molecular weight is 338 g/mol. The number of benzene rings is 2. The Bertz CT molecular complexity index is 833. The molecule has 1 heterocycles. The van der Waals surface area contributed by atoms with E-state index >= 15 is 0 Å². The van der Waals surface area contributed by atoms with E-state index in [2.05, 4.69) is 5.48 Å². The molecular weight excluding hydrogens is 320 g/mol. The number of rotatable bonds is 5. The fourth-order valence-electron chi connectivity index (χ4n) is 2.69. The minimum atomic E-state index is -0.969. The van der Waals surface area contributed by atoms with Crippen LogP contribution in [0.5, 0.6) is 0 Å². The van der Waals surface area contributed by atoms with Crippen LogP contribution >= 0.6 is 0 Å². The van der Waals surface area contributed by atoms with Gasteiger partial charge in [0.15, 0.2) is 0 Å². The summed E-state index contributed by atoms with van der Waals surface area (Å²) in [6.45, 7) is 3.53. The van der Waals surface area contributed by atoms with Gasteiger partial charge in [0.1, 0.15) is 6.04 Å².